The maximum Gasteiger partial charge on any atom is 0.270 e. The van der Waals surface area contributed by atoms with Crippen molar-refractivity contribution in [2.45, 2.75) is 19.8 Å². The SMILES string of the molecule is COc1ccc2[nH]c(C(=O)N3CCCC(C)C3)cc2c1. The number of fused-ring (bicyclic) bond motifs is 1. The molecule has 1 aromatic heterocycles. The highest BCUT2D eigenvalue weighted by Gasteiger charge is 2.23. The number of H-pyrrole nitrogens is 1. The van der Waals surface area contributed by atoms with Crippen molar-refractivity contribution in [3.8, 4) is 5.75 Å². The number of benzene rings is 1. The van der Waals surface area contributed by atoms with Crippen LogP contribution in [0.25, 0.3) is 10.9 Å². The molecule has 106 valence electrons. The van der Waals surface area contributed by atoms with E-state index in [0.717, 1.165) is 36.2 Å². The van der Waals surface area contributed by atoms with Gasteiger partial charge in [-0.15, -0.1) is 0 Å². The molecule has 3 rings (SSSR count). The molecule has 0 aliphatic carbocycles. The van der Waals surface area contributed by atoms with Crippen LogP contribution >= 0.6 is 0 Å². The van der Waals surface area contributed by atoms with Crippen molar-refractivity contribution in [1.29, 1.82) is 0 Å². The van der Waals surface area contributed by atoms with Gasteiger partial charge in [0, 0.05) is 24.0 Å². The van der Waals surface area contributed by atoms with Crippen LogP contribution in [0.2, 0.25) is 0 Å². The molecule has 1 aromatic carbocycles. The van der Waals surface area contributed by atoms with E-state index in [9.17, 15) is 4.79 Å². The Morgan fingerprint density at radius 1 is 1.40 bits per heavy atom. The van der Waals surface area contributed by atoms with Crippen molar-refractivity contribution >= 4 is 16.8 Å². The number of hydrogen-bond donors (Lipinski definition) is 1. The summed E-state index contributed by atoms with van der Waals surface area (Å²) in [7, 11) is 1.65. The molecule has 1 saturated heterocycles. The second-order valence-electron chi connectivity index (χ2n) is 5.63. The van der Waals surface area contributed by atoms with Gasteiger partial charge in [0.25, 0.3) is 5.91 Å². The zero-order valence-corrected chi connectivity index (χ0v) is 12.0. The van der Waals surface area contributed by atoms with E-state index in [1.807, 2.05) is 29.2 Å². The third-order valence-corrected chi connectivity index (χ3v) is 4.00. The van der Waals surface area contributed by atoms with Gasteiger partial charge in [-0.3, -0.25) is 4.79 Å². The molecule has 1 atom stereocenters. The quantitative estimate of drug-likeness (QED) is 0.913. The summed E-state index contributed by atoms with van der Waals surface area (Å²) in [4.78, 5) is 17.7. The molecule has 1 aliphatic heterocycles. The molecule has 0 bridgehead atoms. The lowest BCUT2D eigenvalue weighted by Gasteiger charge is -2.30. The Bertz CT molecular complexity index is 632. The van der Waals surface area contributed by atoms with Crippen molar-refractivity contribution in [2.24, 2.45) is 5.92 Å². The molecule has 1 N–H and O–H groups in total. The number of aromatic amines is 1. The number of aromatic nitrogens is 1. The number of piperidine rings is 1. The first-order chi connectivity index (χ1) is 9.67. The van der Waals surface area contributed by atoms with E-state index in [2.05, 4.69) is 11.9 Å². The van der Waals surface area contributed by atoms with E-state index in [0.29, 0.717) is 11.6 Å². The lowest BCUT2D eigenvalue weighted by molar-refractivity contribution is 0.0678. The van der Waals surface area contributed by atoms with Crippen LogP contribution in [0.1, 0.15) is 30.3 Å². The average molecular weight is 272 g/mol. The number of hydrogen-bond acceptors (Lipinski definition) is 2. The molecule has 1 fully saturated rings. The number of carbonyl (C=O) groups excluding carboxylic acids is 1. The Kier molecular flexibility index (Phi) is 3.38. The summed E-state index contributed by atoms with van der Waals surface area (Å²) in [6.07, 6.45) is 2.31. The summed E-state index contributed by atoms with van der Waals surface area (Å²) in [5, 5.41) is 1.01. The van der Waals surface area contributed by atoms with Crippen LogP contribution in [0, 0.1) is 5.92 Å². The van der Waals surface area contributed by atoms with Crippen molar-refractivity contribution < 1.29 is 9.53 Å². The minimum Gasteiger partial charge on any atom is -0.497 e. The van der Waals surface area contributed by atoms with E-state index in [4.69, 9.17) is 4.74 Å². The highest BCUT2D eigenvalue weighted by atomic mass is 16.5. The van der Waals surface area contributed by atoms with Crippen LogP contribution in [-0.2, 0) is 0 Å². The summed E-state index contributed by atoms with van der Waals surface area (Å²) in [5.74, 6) is 1.51. The third kappa shape index (κ3) is 2.38. The maximum absolute atomic E-state index is 12.5. The van der Waals surface area contributed by atoms with Crippen molar-refractivity contribution in [2.75, 3.05) is 20.2 Å². The predicted octanol–water partition coefficient (Wildman–Crippen LogP) is 3.05. The summed E-state index contributed by atoms with van der Waals surface area (Å²) in [6.45, 7) is 3.93. The fourth-order valence-corrected chi connectivity index (χ4v) is 2.90. The summed E-state index contributed by atoms with van der Waals surface area (Å²) in [5.41, 5.74) is 1.64. The van der Waals surface area contributed by atoms with Gasteiger partial charge in [-0.1, -0.05) is 6.92 Å². The van der Waals surface area contributed by atoms with Crippen molar-refractivity contribution in [1.82, 2.24) is 9.88 Å². The zero-order valence-electron chi connectivity index (χ0n) is 12.0. The smallest absolute Gasteiger partial charge is 0.270 e. The van der Waals surface area contributed by atoms with Gasteiger partial charge in [0.2, 0.25) is 0 Å². The van der Waals surface area contributed by atoms with Crippen LogP contribution in [0.5, 0.6) is 5.75 Å². The fraction of sp³-hybridized carbons (Fsp3) is 0.438. The molecule has 0 radical (unpaired) electrons. The molecular weight excluding hydrogens is 252 g/mol. The standard InChI is InChI=1S/C16H20N2O2/c1-11-4-3-7-18(10-11)16(19)15-9-12-8-13(20-2)5-6-14(12)17-15/h5-6,8-9,11,17H,3-4,7,10H2,1-2H3. The van der Waals surface area contributed by atoms with Crippen molar-refractivity contribution in [3.63, 3.8) is 0 Å². The molecule has 2 aromatic rings. The normalized spacial score (nSPS) is 19.3. The molecule has 4 nitrogen and oxygen atoms in total. The Morgan fingerprint density at radius 2 is 2.25 bits per heavy atom. The topological polar surface area (TPSA) is 45.3 Å². The third-order valence-electron chi connectivity index (χ3n) is 4.00. The number of nitrogens with zero attached hydrogens (tertiary/aromatic N) is 1. The highest BCUT2D eigenvalue weighted by Crippen LogP contribution is 2.23. The first kappa shape index (κ1) is 13.0. The van der Waals surface area contributed by atoms with Crippen LogP contribution in [0.15, 0.2) is 24.3 Å². The molecule has 0 spiro atoms. The van der Waals surface area contributed by atoms with Gasteiger partial charge >= 0.3 is 0 Å². The molecular formula is C16H20N2O2. The number of ether oxygens (including phenoxy) is 1. The Labute approximate surface area is 118 Å². The lowest BCUT2D eigenvalue weighted by Crippen LogP contribution is -2.39. The summed E-state index contributed by atoms with van der Waals surface area (Å²) < 4.78 is 5.21. The van der Waals surface area contributed by atoms with Crippen molar-refractivity contribution in [3.05, 3.63) is 30.0 Å². The minimum absolute atomic E-state index is 0.103. The lowest BCUT2D eigenvalue weighted by atomic mass is 10.00. The first-order valence-electron chi connectivity index (χ1n) is 7.13. The maximum atomic E-state index is 12.5. The number of methoxy groups -OCH3 is 1. The average Bonchev–Trinajstić information content (AvgIpc) is 2.89. The van der Waals surface area contributed by atoms with Gasteiger partial charge in [0.05, 0.1) is 7.11 Å². The number of carbonyl (C=O) groups is 1. The van der Waals surface area contributed by atoms with Crippen LogP contribution in [0.3, 0.4) is 0 Å². The van der Waals surface area contributed by atoms with Gasteiger partial charge in [-0.2, -0.15) is 0 Å². The van der Waals surface area contributed by atoms with E-state index >= 15 is 0 Å². The number of likely N-dealkylation sites (tertiary alicyclic amines) is 1. The van der Waals surface area contributed by atoms with Gasteiger partial charge < -0.3 is 14.6 Å². The second kappa shape index (κ2) is 5.19. The summed E-state index contributed by atoms with van der Waals surface area (Å²) in [6, 6.07) is 7.71. The monoisotopic (exact) mass is 272 g/mol. The predicted molar refractivity (Wildman–Crippen MR) is 79.2 cm³/mol. The molecule has 1 amide bonds. The van der Waals surface area contributed by atoms with Crippen LogP contribution in [-0.4, -0.2) is 36.0 Å². The van der Waals surface area contributed by atoms with E-state index in [-0.39, 0.29) is 5.91 Å². The van der Waals surface area contributed by atoms with Crippen LogP contribution < -0.4 is 4.74 Å². The Balaban J connectivity index is 1.87. The minimum atomic E-state index is 0.103. The Morgan fingerprint density at radius 3 is 3.00 bits per heavy atom. The zero-order chi connectivity index (χ0) is 14.1. The highest BCUT2D eigenvalue weighted by molar-refractivity contribution is 5.98. The first-order valence-corrected chi connectivity index (χ1v) is 7.13. The molecule has 20 heavy (non-hydrogen) atoms. The van der Waals surface area contributed by atoms with Crippen LogP contribution in [0.4, 0.5) is 0 Å². The van der Waals surface area contributed by atoms with Gasteiger partial charge in [-0.25, -0.2) is 0 Å². The Hall–Kier alpha value is -1.97. The van der Waals surface area contributed by atoms with Gasteiger partial charge in [0.1, 0.15) is 11.4 Å². The fourth-order valence-electron chi connectivity index (χ4n) is 2.90. The molecule has 1 unspecified atom stereocenters. The molecule has 2 heterocycles. The summed E-state index contributed by atoms with van der Waals surface area (Å²) >= 11 is 0. The molecule has 4 heteroatoms. The number of nitrogens with one attached hydrogen (secondary N) is 1. The number of amides is 1. The molecule has 1 aliphatic rings. The van der Waals surface area contributed by atoms with E-state index < -0.39 is 0 Å². The van der Waals surface area contributed by atoms with Gasteiger partial charge in [-0.05, 0) is 43.0 Å². The molecule has 0 saturated carbocycles. The number of rotatable bonds is 2. The van der Waals surface area contributed by atoms with Gasteiger partial charge in [0.15, 0.2) is 0 Å². The second-order valence-corrected chi connectivity index (χ2v) is 5.63. The van der Waals surface area contributed by atoms with E-state index in [1.54, 1.807) is 7.11 Å². The largest absolute Gasteiger partial charge is 0.497 e. The van der Waals surface area contributed by atoms with E-state index in [1.165, 1.54) is 6.42 Å².